The van der Waals surface area contributed by atoms with Crippen molar-refractivity contribution in [3.8, 4) is 5.75 Å². The van der Waals surface area contributed by atoms with Gasteiger partial charge in [-0.15, -0.1) is 0 Å². The highest BCUT2D eigenvalue weighted by molar-refractivity contribution is 5.70. The van der Waals surface area contributed by atoms with Crippen molar-refractivity contribution in [3.05, 3.63) is 45.8 Å². The molecule has 5 heteroatoms. The molecule has 1 atom stereocenters. The summed E-state index contributed by atoms with van der Waals surface area (Å²) in [4.78, 5) is 11.2. The number of hydrogen-bond donors (Lipinski definition) is 1. The minimum absolute atomic E-state index is 0.217. The zero-order valence-corrected chi connectivity index (χ0v) is 16.4. The second-order valence-electron chi connectivity index (χ2n) is 6.66. The lowest BCUT2D eigenvalue weighted by molar-refractivity contribution is -0.131. The molecule has 0 bridgehead atoms. The highest BCUT2D eigenvalue weighted by atomic mass is 16.5. The monoisotopic (exact) mass is 343 g/mol. The summed E-state index contributed by atoms with van der Waals surface area (Å²) in [6.07, 6.45) is 0. The first-order valence-corrected chi connectivity index (χ1v) is 8.80. The van der Waals surface area contributed by atoms with Gasteiger partial charge in [-0.25, -0.2) is 0 Å². The predicted molar refractivity (Wildman–Crippen MR) is 99.9 cm³/mol. The number of hydrogen-bond acceptors (Lipinski definition) is 4. The van der Waals surface area contributed by atoms with Crippen LogP contribution in [0.15, 0.2) is 12.1 Å². The van der Waals surface area contributed by atoms with Gasteiger partial charge in [-0.1, -0.05) is 12.1 Å². The van der Waals surface area contributed by atoms with Crippen LogP contribution < -0.4 is 10.1 Å². The lowest BCUT2D eigenvalue weighted by Gasteiger charge is -2.17. The van der Waals surface area contributed by atoms with Crippen LogP contribution in [0.1, 0.15) is 60.5 Å². The van der Waals surface area contributed by atoms with Crippen LogP contribution in [0.25, 0.3) is 0 Å². The fourth-order valence-electron chi connectivity index (χ4n) is 3.47. The molecule has 0 spiro atoms. The highest BCUT2D eigenvalue weighted by Crippen LogP contribution is 2.26. The SMILES string of the molecule is CCn1nc(C)c([C@H](C)NCc2cc(C)c(OC(C)=O)c(C)c2)c1C. The second kappa shape index (κ2) is 7.83. The highest BCUT2D eigenvalue weighted by Gasteiger charge is 2.17. The third-order valence-electron chi connectivity index (χ3n) is 4.55. The summed E-state index contributed by atoms with van der Waals surface area (Å²) in [5.41, 5.74) is 6.70. The van der Waals surface area contributed by atoms with Crippen molar-refractivity contribution in [2.45, 2.75) is 67.6 Å². The zero-order chi connectivity index (χ0) is 18.7. The molecule has 0 aliphatic rings. The lowest BCUT2D eigenvalue weighted by Crippen LogP contribution is -2.19. The third kappa shape index (κ3) is 4.28. The Kier molecular flexibility index (Phi) is 6.01. The van der Waals surface area contributed by atoms with Crippen LogP contribution in [-0.2, 0) is 17.9 Å². The Morgan fingerprint density at radius 3 is 2.32 bits per heavy atom. The summed E-state index contributed by atoms with van der Waals surface area (Å²) in [7, 11) is 0. The quantitative estimate of drug-likeness (QED) is 0.638. The molecule has 1 aromatic heterocycles. The maximum atomic E-state index is 11.2. The molecule has 5 nitrogen and oxygen atoms in total. The van der Waals surface area contributed by atoms with E-state index in [2.05, 4.69) is 50.2 Å². The van der Waals surface area contributed by atoms with E-state index in [0.29, 0.717) is 5.75 Å². The normalized spacial score (nSPS) is 12.3. The Morgan fingerprint density at radius 1 is 1.24 bits per heavy atom. The first kappa shape index (κ1) is 19.2. The average molecular weight is 343 g/mol. The molecule has 1 N–H and O–H groups in total. The minimum atomic E-state index is -0.287. The number of ether oxygens (including phenoxy) is 1. The molecule has 2 aromatic rings. The van der Waals surface area contributed by atoms with Gasteiger partial charge in [-0.05, 0) is 58.2 Å². The van der Waals surface area contributed by atoms with Crippen molar-refractivity contribution < 1.29 is 9.53 Å². The van der Waals surface area contributed by atoms with Crippen LogP contribution in [0.4, 0.5) is 0 Å². The fourth-order valence-corrected chi connectivity index (χ4v) is 3.47. The van der Waals surface area contributed by atoms with Gasteiger partial charge >= 0.3 is 5.97 Å². The van der Waals surface area contributed by atoms with Gasteiger partial charge in [0.25, 0.3) is 0 Å². The molecular weight excluding hydrogens is 314 g/mol. The molecule has 0 unspecified atom stereocenters. The fraction of sp³-hybridized carbons (Fsp3) is 0.500. The van der Waals surface area contributed by atoms with Gasteiger partial charge in [0, 0.05) is 37.3 Å². The Labute approximate surface area is 150 Å². The van der Waals surface area contributed by atoms with E-state index < -0.39 is 0 Å². The largest absolute Gasteiger partial charge is 0.426 e. The minimum Gasteiger partial charge on any atom is -0.426 e. The molecule has 2 rings (SSSR count). The van der Waals surface area contributed by atoms with Gasteiger partial charge in [0.1, 0.15) is 5.75 Å². The summed E-state index contributed by atoms with van der Waals surface area (Å²) in [6.45, 7) is 15.5. The zero-order valence-electron chi connectivity index (χ0n) is 16.4. The van der Waals surface area contributed by atoms with Gasteiger partial charge in [0.05, 0.1) is 5.69 Å². The van der Waals surface area contributed by atoms with Crippen LogP contribution in [0.2, 0.25) is 0 Å². The molecular formula is C20H29N3O2. The van der Waals surface area contributed by atoms with Crippen LogP contribution in [0.5, 0.6) is 5.75 Å². The Hall–Kier alpha value is -2.14. The summed E-state index contributed by atoms with van der Waals surface area (Å²) in [6, 6.07) is 4.36. The smallest absolute Gasteiger partial charge is 0.308 e. The van der Waals surface area contributed by atoms with Crippen LogP contribution >= 0.6 is 0 Å². The van der Waals surface area contributed by atoms with E-state index in [1.165, 1.54) is 23.7 Å². The van der Waals surface area contributed by atoms with E-state index in [1.54, 1.807) is 0 Å². The van der Waals surface area contributed by atoms with Gasteiger partial charge in [-0.3, -0.25) is 9.48 Å². The topological polar surface area (TPSA) is 56.1 Å². The lowest BCUT2D eigenvalue weighted by atomic mass is 10.0. The summed E-state index contributed by atoms with van der Waals surface area (Å²) in [5, 5.41) is 8.19. The van der Waals surface area contributed by atoms with Crippen molar-refractivity contribution in [1.82, 2.24) is 15.1 Å². The maximum absolute atomic E-state index is 11.2. The van der Waals surface area contributed by atoms with Crippen molar-refractivity contribution in [3.63, 3.8) is 0 Å². The Balaban J connectivity index is 2.14. The Morgan fingerprint density at radius 2 is 1.84 bits per heavy atom. The van der Waals surface area contributed by atoms with Gasteiger partial charge in [0.15, 0.2) is 0 Å². The van der Waals surface area contributed by atoms with Gasteiger partial charge < -0.3 is 10.1 Å². The van der Waals surface area contributed by atoms with Crippen LogP contribution in [0, 0.1) is 27.7 Å². The first-order chi connectivity index (χ1) is 11.7. The summed E-state index contributed by atoms with van der Waals surface area (Å²) >= 11 is 0. The van der Waals surface area contributed by atoms with Gasteiger partial charge in [0.2, 0.25) is 0 Å². The van der Waals surface area contributed by atoms with Gasteiger partial charge in [-0.2, -0.15) is 5.10 Å². The summed E-state index contributed by atoms with van der Waals surface area (Å²) in [5.74, 6) is 0.379. The molecule has 0 aliphatic carbocycles. The van der Waals surface area contributed by atoms with Crippen molar-refractivity contribution in [2.75, 3.05) is 0 Å². The summed E-state index contributed by atoms with van der Waals surface area (Å²) < 4.78 is 7.35. The number of rotatable bonds is 6. The number of esters is 1. The number of nitrogens with one attached hydrogen (secondary N) is 1. The molecule has 25 heavy (non-hydrogen) atoms. The van der Waals surface area contributed by atoms with E-state index in [4.69, 9.17) is 4.74 Å². The van der Waals surface area contributed by atoms with Crippen molar-refractivity contribution >= 4 is 5.97 Å². The van der Waals surface area contributed by atoms with Crippen LogP contribution in [0.3, 0.4) is 0 Å². The van der Waals surface area contributed by atoms with Crippen LogP contribution in [-0.4, -0.2) is 15.7 Å². The molecule has 1 aromatic carbocycles. The molecule has 0 amide bonds. The molecule has 0 saturated heterocycles. The van der Waals surface area contributed by atoms with Crippen molar-refractivity contribution in [1.29, 1.82) is 0 Å². The number of carbonyl (C=O) groups is 1. The predicted octanol–water partition coefficient (Wildman–Crippen LogP) is 3.91. The molecule has 0 radical (unpaired) electrons. The van der Waals surface area contributed by atoms with E-state index in [9.17, 15) is 4.79 Å². The number of carbonyl (C=O) groups excluding carboxylic acids is 1. The maximum Gasteiger partial charge on any atom is 0.308 e. The Bertz CT molecular complexity index is 754. The number of nitrogens with zero attached hydrogens (tertiary/aromatic N) is 2. The molecule has 0 aliphatic heterocycles. The number of aromatic nitrogens is 2. The van der Waals surface area contributed by atoms with E-state index in [0.717, 1.165) is 29.9 Å². The molecule has 136 valence electrons. The van der Waals surface area contributed by atoms with E-state index in [1.807, 2.05) is 18.5 Å². The van der Waals surface area contributed by atoms with E-state index >= 15 is 0 Å². The molecule has 1 heterocycles. The second-order valence-corrected chi connectivity index (χ2v) is 6.66. The molecule has 0 saturated carbocycles. The number of benzene rings is 1. The number of aryl methyl sites for hydroxylation is 4. The third-order valence-corrected chi connectivity index (χ3v) is 4.55. The standard InChI is InChI=1S/C20H29N3O2/c1-8-23-16(6)19(15(5)22-23)14(4)21-11-18-9-12(2)20(13(3)10-18)25-17(7)24/h9-10,14,21H,8,11H2,1-7H3/t14-/m0/s1. The average Bonchev–Trinajstić information content (AvgIpc) is 2.82. The first-order valence-electron chi connectivity index (χ1n) is 8.80. The molecule has 0 fully saturated rings. The van der Waals surface area contributed by atoms with Crippen molar-refractivity contribution in [2.24, 2.45) is 0 Å². The van der Waals surface area contributed by atoms with E-state index in [-0.39, 0.29) is 12.0 Å².